The van der Waals surface area contributed by atoms with Gasteiger partial charge in [0.25, 0.3) is 0 Å². The molecule has 1 aromatic heterocycles. The van der Waals surface area contributed by atoms with Crippen LogP contribution in [0.25, 0.3) is 16.0 Å². The highest BCUT2D eigenvalue weighted by Crippen LogP contribution is 2.27. The number of thiazole rings is 1. The molecule has 2 aromatic carbocycles. The molecule has 0 aliphatic carbocycles. The molecule has 0 unspecified atom stereocenters. The Morgan fingerprint density at radius 3 is 2.67 bits per heavy atom. The van der Waals surface area contributed by atoms with E-state index in [1.54, 1.807) is 12.1 Å². The van der Waals surface area contributed by atoms with Crippen LogP contribution in [-0.4, -0.2) is 28.9 Å². The molecule has 0 bridgehead atoms. The predicted octanol–water partition coefficient (Wildman–Crippen LogP) is 4.78. The molecule has 0 radical (unpaired) electrons. The number of nitrogens with one attached hydrogen (secondary N) is 1. The molecule has 0 spiro atoms. The van der Waals surface area contributed by atoms with Crippen molar-refractivity contribution >= 4 is 44.6 Å². The van der Waals surface area contributed by atoms with Gasteiger partial charge in [0.2, 0.25) is 5.13 Å². The summed E-state index contributed by atoms with van der Waals surface area (Å²) in [6, 6.07) is 7.44. The maximum Gasteiger partial charge on any atom is 0.343 e. The Balaban J connectivity index is 1.98. The number of aromatic nitrogens is 1. The summed E-state index contributed by atoms with van der Waals surface area (Å²) in [5.74, 6) is -10.1. The van der Waals surface area contributed by atoms with Gasteiger partial charge in [-0.1, -0.05) is 23.5 Å². The Kier molecular flexibility index (Phi) is 6.31. The maximum absolute atomic E-state index is 14.0. The highest BCUT2D eigenvalue weighted by molar-refractivity contribution is 7.22. The summed E-state index contributed by atoms with van der Waals surface area (Å²) in [6.45, 7) is 1.37. The van der Waals surface area contributed by atoms with E-state index in [9.17, 15) is 27.5 Å². The van der Waals surface area contributed by atoms with Crippen LogP contribution in [0.5, 0.6) is 0 Å². The van der Waals surface area contributed by atoms with Crippen LogP contribution >= 0.6 is 11.3 Å². The summed E-state index contributed by atoms with van der Waals surface area (Å²) in [4.78, 5) is 16.4. The van der Waals surface area contributed by atoms with E-state index >= 15 is 0 Å². The summed E-state index contributed by atoms with van der Waals surface area (Å²) in [5, 5.41) is 14.4. The zero-order chi connectivity index (χ0) is 21.8. The first-order valence-corrected chi connectivity index (χ1v) is 9.23. The molecule has 3 rings (SSSR count). The van der Waals surface area contributed by atoms with Gasteiger partial charge >= 0.3 is 5.97 Å². The first-order valence-electron chi connectivity index (χ1n) is 8.41. The number of hydrogen-bond acceptors (Lipinski definition) is 7. The molecule has 0 aliphatic heterocycles. The van der Waals surface area contributed by atoms with Crippen LogP contribution in [-0.2, 0) is 9.53 Å². The number of fused-ring (bicyclic) bond motifs is 1. The molecule has 0 fully saturated rings. The normalized spacial score (nSPS) is 12.3. The van der Waals surface area contributed by atoms with Crippen molar-refractivity contribution in [2.75, 3.05) is 12.0 Å². The number of carbonyl (C=O) groups is 1. The second-order valence-corrected chi connectivity index (χ2v) is 6.72. The number of para-hydroxylation sites is 1. The molecule has 1 heterocycles. The van der Waals surface area contributed by atoms with Crippen molar-refractivity contribution in [3.05, 3.63) is 64.7 Å². The fourth-order valence-corrected chi connectivity index (χ4v) is 3.20. The topological polar surface area (TPSA) is 83.8 Å². The fraction of sp³-hybridized carbons (Fsp3) is 0.105. The van der Waals surface area contributed by atoms with E-state index in [2.05, 4.69) is 15.5 Å². The van der Waals surface area contributed by atoms with Gasteiger partial charge in [-0.25, -0.2) is 27.3 Å². The van der Waals surface area contributed by atoms with E-state index in [1.165, 1.54) is 18.3 Å². The lowest BCUT2D eigenvalue weighted by molar-refractivity contribution is -0.137. The van der Waals surface area contributed by atoms with E-state index in [4.69, 9.17) is 4.74 Å². The molecule has 30 heavy (non-hydrogen) atoms. The molecule has 156 valence electrons. The first kappa shape index (κ1) is 21.2. The molecule has 0 saturated heterocycles. The second-order valence-electron chi connectivity index (χ2n) is 5.69. The summed E-state index contributed by atoms with van der Waals surface area (Å²) in [6.07, 6.45) is 0.776. The number of halogens is 4. The van der Waals surface area contributed by atoms with Gasteiger partial charge in [-0.05, 0) is 25.1 Å². The third kappa shape index (κ3) is 4.25. The molecule has 0 amide bonds. The number of aliphatic hydroxyl groups is 1. The minimum absolute atomic E-state index is 0.108. The molecule has 6 nitrogen and oxygen atoms in total. The van der Waals surface area contributed by atoms with Gasteiger partial charge in [-0.3, -0.25) is 5.43 Å². The van der Waals surface area contributed by atoms with Gasteiger partial charge in [0.1, 0.15) is 11.3 Å². The van der Waals surface area contributed by atoms with Gasteiger partial charge < -0.3 is 9.84 Å². The average molecular weight is 439 g/mol. The van der Waals surface area contributed by atoms with Crippen LogP contribution in [0.1, 0.15) is 12.5 Å². The number of esters is 1. The van der Waals surface area contributed by atoms with Crippen molar-refractivity contribution < 1.29 is 32.2 Å². The molecule has 3 aromatic rings. The zero-order valence-corrected chi connectivity index (χ0v) is 16.1. The summed E-state index contributed by atoms with van der Waals surface area (Å²) in [5.41, 5.74) is 1.45. The number of ether oxygens (including phenoxy) is 1. The van der Waals surface area contributed by atoms with Gasteiger partial charge in [0.05, 0.1) is 28.6 Å². The summed E-state index contributed by atoms with van der Waals surface area (Å²) >= 11 is 1.25. The van der Waals surface area contributed by atoms with Crippen molar-refractivity contribution in [1.82, 2.24) is 4.98 Å². The van der Waals surface area contributed by atoms with E-state index in [0.717, 1.165) is 10.9 Å². The average Bonchev–Trinajstić information content (AvgIpc) is 3.14. The third-order valence-electron chi connectivity index (χ3n) is 3.76. The number of hydrazone groups is 1. The van der Waals surface area contributed by atoms with Crippen LogP contribution in [0.3, 0.4) is 0 Å². The molecule has 0 atom stereocenters. The minimum Gasteiger partial charge on any atom is -0.506 e. The Morgan fingerprint density at radius 1 is 1.23 bits per heavy atom. The van der Waals surface area contributed by atoms with E-state index < -0.39 is 46.1 Å². The Hall–Kier alpha value is -3.47. The monoisotopic (exact) mass is 439 g/mol. The van der Waals surface area contributed by atoms with Crippen LogP contribution < -0.4 is 5.43 Å². The predicted molar refractivity (Wildman–Crippen MR) is 104 cm³/mol. The second kappa shape index (κ2) is 8.91. The highest BCUT2D eigenvalue weighted by atomic mass is 32.1. The standard InChI is InChI=1S/C19H13F4N3O3S/c1-2-29-18(28)10(17(27)9-7-11(20)15(22)16(23)14(9)21)8-24-26-19-25-12-5-3-4-6-13(12)30-19/h3-8,27H,2H2,1H3,(H,25,26). The Bertz CT molecular complexity index is 1140. The van der Waals surface area contributed by atoms with Crippen molar-refractivity contribution in [3.8, 4) is 0 Å². The zero-order valence-electron chi connectivity index (χ0n) is 15.2. The Morgan fingerprint density at radius 2 is 1.97 bits per heavy atom. The number of hydrogen-bond donors (Lipinski definition) is 2. The largest absolute Gasteiger partial charge is 0.506 e. The quantitative estimate of drug-likeness (QED) is 0.0844. The van der Waals surface area contributed by atoms with Crippen LogP contribution in [0, 0.1) is 23.3 Å². The van der Waals surface area contributed by atoms with Gasteiger partial charge in [-0.15, -0.1) is 0 Å². The van der Waals surface area contributed by atoms with Crippen LogP contribution in [0.15, 0.2) is 41.0 Å². The van der Waals surface area contributed by atoms with Gasteiger partial charge in [0, 0.05) is 0 Å². The highest BCUT2D eigenvalue weighted by Gasteiger charge is 2.25. The molecule has 2 N–H and O–H groups in total. The van der Waals surface area contributed by atoms with Crippen LogP contribution in [0.4, 0.5) is 22.7 Å². The Labute approximate surface area is 171 Å². The lowest BCUT2D eigenvalue weighted by Gasteiger charge is -2.09. The van der Waals surface area contributed by atoms with Crippen molar-refractivity contribution in [1.29, 1.82) is 0 Å². The van der Waals surface area contributed by atoms with E-state index in [-0.39, 0.29) is 12.7 Å². The van der Waals surface area contributed by atoms with E-state index in [0.29, 0.717) is 10.6 Å². The van der Waals surface area contributed by atoms with Crippen molar-refractivity contribution in [2.24, 2.45) is 5.10 Å². The number of benzene rings is 2. The van der Waals surface area contributed by atoms with Crippen molar-refractivity contribution in [3.63, 3.8) is 0 Å². The van der Waals surface area contributed by atoms with Gasteiger partial charge in [-0.2, -0.15) is 5.10 Å². The van der Waals surface area contributed by atoms with Crippen LogP contribution in [0.2, 0.25) is 0 Å². The van der Waals surface area contributed by atoms with Crippen molar-refractivity contribution in [2.45, 2.75) is 6.92 Å². The van der Waals surface area contributed by atoms with E-state index in [1.807, 2.05) is 12.1 Å². The minimum atomic E-state index is -2.13. The molecule has 0 saturated carbocycles. The molecular weight excluding hydrogens is 426 g/mol. The maximum atomic E-state index is 14.0. The third-order valence-corrected chi connectivity index (χ3v) is 4.70. The molecular formula is C19H13F4N3O3S. The molecule has 0 aliphatic rings. The lowest BCUT2D eigenvalue weighted by atomic mass is 10.1. The summed E-state index contributed by atoms with van der Waals surface area (Å²) < 4.78 is 59.8. The number of carbonyl (C=O) groups excluding carboxylic acids is 1. The summed E-state index contributed by atoms with van der Waals surface area (Å²) in [7, 11) is 0. The number of nitrogens with zero attached hydrogens (tertiary/aromatic N) is 2. The fourth-order valence-electron chi connectivity index (χ4n) is 2.38. The lowest BCUT2D eigenvalue weighted by Crippen LogP contribution is -2.13. The smallest absolute Gasteiger partial charge is 0.343 e. The number of rotatable bonds is 6. The van der Waals surface area contributed by atoms with Gasteiger partial charge in [0.15, 0.2) is 23.3 Å². The number of anilines is 1. The number of aliphatic hydroxyl groups excluding tert-OH is 1. The SMILES string of the molecule is CCOC(=O)C(C=NNc1nc2ccccc2s1)=C(O)c1cc(F)c(F)c(F)c1F. The molecule has 11 heteroatoms. The first-order chi connectivity index (χ1) is 14.3.